The second-order valence-electron chi connectivity index (χ2n) is 5.33. The van der Waals surface area contributed by atoms with Gasteiger partial charge in [-0.3, -0.25) is 0 Å². The molecule has 0 radical (unpaired) electrons. The molecular formula is C14H19N3O4S. The van der Waals surface area contributed by atoms with Crippen molar-refractivity contribution in [2.45, 2.75) is 43.5 Å². The van der Waals surface area contributed by atoms with E-state index in [0.29, 0.717) is 18.6 Å². The fourth-order valence-corrected chi connectivity index (χ4v) is 3.18. The molecule has 1 aromatic carbocycles. The van der Waals surface area contributed by atoms with E-state index in [9.17, 15) is 13.2 Å². The second kappa shape index (κ2) is 6.78. The minimum absolute atomic E-state index is 0.151. The molecular weight excluding hydrogens is 306 g/mol. The lowest BCUT2D eigenvalue weighted by Gasteiger charge is -2.22. The summed E-state index contributed by atoms with van der Waals surface area (Å²) in [6.07, 6.45) is 1.51. The summed E-state index contributed by atoms with van der Waals surface area (Å²) in [5.74, 6) is 0. The van der Waals surface area contributed by atoms with Gasteiger partial charge in [-0.05, 0) is 38.3 Å². The first-order chi connectivity index (χ1) is 10.4. The van der Waals surface area contributed by atoms with Crippen LogP contribution in [0, 0.1) is 6.92 Å². The minimum Gasteiger partial charge on any atom is -0.465 e. The highest BCUT2D eigenvalue weighted by Gasteiger charge is 2.20. The lowest BCUT2D eigenvalue weighted by Crippen LogP contribution is -2.38. The maximum Gasteiger partial charge on any atom is 0.404 e. The number of rotatable bonds is 4. The highest BCUT2D eigenvalue weighted by atomic mass is 32.2. The Labute approximate surface area is 129 Å². The third kappa shape index (κ3) is 4.45. The van der Waals surface area contributed by atoms with Crippen molar-refractivity contribution in [1.82, 2.24) is 10.1 Å². The molecule has 1 fully saturated rings. The van der Waals surface area contributed by atoms with Crippen LogP contribution in [0.1, 0.15) is 31.2 Å². The van der Waals surface area contributed by atoms with Gasteiger partial charge >= 0.3 is 6.09 Å². The first kappa shape index (κ1) is 16.3. The summed E-state index contributed by atoms with van der Waals surface area (Å²) in [7, 11) is -3.69. The van der Waals surface area contributed by atoms with Crippen molar-refractivity contribution in [2.24, 2.45) is 5.10 Å². The molecule has 1 aliphatic carbocycles. The van der Waals surface area contributed by atoms with Crippen molar-refractivity contribution >= 4 is 21.8 Å². The second-order valence-corrected chi connectivity index (χ2v) is 6.99. The fourth-order valence-electron chi connectivity index (χ4n) is 2.34. The van der Waals surface area contributed by atoms with E-state index in [-0.39, 0.29) is 10.9 Å². The Hall–Kier alpha value is -2.09. The van der Waals surface area contributed by atoms with Gasteiger partial charge in [-0.2, -0.15) is 13.5 Å². The standard InChI is InChI=1S/C14H19N3O4S/c1-10-5-7-13(8-6-10)22(20,21)17-16-12-4-2-3-11(9-12)15-14(18)19/h5-8,11,15,17H,2-4,9H2,1H3,(H,18,19)/b16-12+. The number of carboxylic acid groups (broad SMARTS) is 1. The summed E-state index contributed by atoms with van der Waals surface area (Å²) in [4.78, 5) is 13.0. The molecule has 8 heteroatoms. The van der Waals surface area contributed by atoms with Gasteiger partial charge in [-0.1, -0.05) is 17.7 Å². The molecule has 0 heterocycles. The van der Waals surface area contributed by atoms with Crippen LogP contribution in [0.4, 0.5) is 4.79 Å². The van der Waals surface area contributed by atoms with E-state index < -0.39 is 16.1 Å². The first-order valence-corrected chi connectivity index (χ1v) is 8.48. The molecule has 2 rings (SSSR count). The predicted octanol–water partition coefficient (Wildman–Crippen LogP) is 1.84. The SMILES string of the molecule is Cc1ccc(S(=O)(=O)N/N=C2\CCCC(NC(=O)O)C2)cc1. The first-order valence-electron chi connectivity index (χ1n) is 7.00. The van der Waals surface area contributed by atoms with Crippen molar-refractivity contribution in [3.05, 3.63) is 29.8 Å². The number of carbonyl (C=O) groups is 1. The molecule has 3 N–H and O–H groups in total. The number of aryl methyl sites for hydroxylation is 1. The zero-order valence-corrected chi connectivity index (χ0v) is 13.1. The summed E-state index contributed by atoms with van der Waals surface area (Å²) >= 11 is 0. The maximum atomic E-state index is 12.1. The zero-order valence-electron chi connectivity index (χ0n) is 12.2. The number of nitrogens with one attached hydrogen (secondary N) is 2. The van der Waals surface area contributed by atoms with E-state index in [2.05, 4.69) is 15.2 Å². The number of sulfonamides is 1. The van der Waals surface area contributed by atoms with Crippen LogP contribution < -0.4 is 10.1 Å². The minimum atomic E-state index is -3.69. The van der Waals surface area contributed by atoms with Gasteiger partial charge in [0, 0.05) is 18.2 Å². The van der Waals surface area contributed by atoms with Gasteiger partial charge in [0.15, 0.2) is 0 Å². The molecule has 1 saturated carbocycles. The van der Waals surface area contributed by atoms with Crippen LogP contribution in [0.3, 0.4) is 0 Å². The third-order valence-corrected chi connectivity index (χ3v) is 4.71. The van der Waals surface area contributed by atoms with Gasteiger partial charge in [0.25, 0.3) is 10.0 Å². The summed E-state index contributed by atoms with van der Waals surface area (Å²) in [6, 6.07) is 6.26. The summed E-state index contributed by atoms with van der Waals surface area (Å²) < 4.78 is 24.2. The molecule has 1 atom stereocenters. The molecule has 1 aromatic rings. The van der Waals surface area contributed by atoms with Crippen LogP contribution in [0.5, 0.6) is 0 Å². The molecule has 1 aliphatic rings. The van der Waals surface area contributed by atoms with E-state index in [1.54, 1.807) is 12.1 Å². The quantitative estimate of drug-likeness (QED) is 0.734. The highest BCUT2D eigenvalue weighted by molar-refractivity contribution is 7.89. The largest absolute Gasteiger partial charge is 0.465 e. The number of benzene rings is 1. The molecule has 0 aromatic heterocycles. The number of hydrogen-bond acceptors (Lipinski definition) is 4. The Morgan fingerprint density at radius 2 is 2.00 bits per heavy atom. The van der Waals surface area contributed by atoms with Gasteiger partial charge in [0.2, 0.25) is 0 Å². The van der Waals surface area contributed by atoms with Crippen LogP contribution in [-0.2, 0) is 10.0 Å². The maximum absolute atomic E-state index is 12.1. The topological polar surface area (TPSA) is 108 Å². The lowest BCUT2D eigenvalue weighted by molar-refractivity contribution is 0.189. The van der Waals surface area contributed by atoms with E-state index in [4.69, 9.17) is 5.11 Å². The summed E-state index contributed by atoms with van der Waals surface area (Å²) in [6.45, 7) is 1.88. The van der Waals surface area contributed by atoms with Crippen LogP contribution in [0.15, 0.2) is 34.3 Å². The molecule has 7 nitrogen and oxygen atoms in total. The Morgan fingerprint density at radius 1 is 1.32 bits per heavy atom. The predicted molar refractivity (Wildman–Crippen MR) is 82.4 cm³/mol. The number of hydrazone groups is 1. The molecule has 1 amide bonds. The van der Waals surface area contributed by atoms with Crippen LogP contribution in [0.25, 0.3) is 0 Å². The number of amides is 1. The van der Waals surface area contributed by atoms with E-state index in [1.165, 1.54) is 12.1 Å². The lowest BCUT2D eigenvalue weighted by atomic mass is 9.94. The molecule has 0 saturated heterocycles. The molecule has 22 heavy (non-hydrogen) atoms. The van der Waals surface area contributed by atoms with Crippen LogP contribution in [-0.4, -0.2) is 31.4 Å². The van der Waals surface area contributed by atoms with Gasteiger partial charge in [0.05, 0.1) is 4.90 Å². The number of nitrogens with zero attached hydrogens (tertiary/aromatic N) is 1. The van der Waals surface area contributed by atoms with Gasteiger partial charge in [-0.25, -0.2) is 9.63 Å². The van der Waals surface area contributed by atoms with E-state index in [0.717, 1.165) is 18.4 Å². The van der Waals surface area contributed by atoms with Crippen molar-refractivity contribution in [3.8, 4) is 0 Å². The van der Waals surface area contributed by atoms with Gasteiger partial charge in [0.1, 0.15) is 0 Å². The third-order valence-electron chi connectivity index (χ3n) is 3.48. The van der Waals surface area contributed by atoms with E-state index in [1.807, 2.05) is 6.92 Å². The van der Waals surface area contributed by atoms with Crippen molar-refractivity contribution in [1.29, 1.82) is 0 Å². The van der Waals surface area contributed by atoms with Crippen LogP contribution >= 0.6 is 0 Å². The Balaban J connectivity index is 2.03. The fraction of sp³-hybridized carbons (Fsp3) is 0.429. The summed E-state index contributed by atoms with van der Waals surface area (Å²) in [5.41, 5.74) is 1.63. The average Bonchev–Trinajstić information content (AvgIpc) is 2.45. The molecule has 0 spiro atoms. The monoisotopic (exact) mass is 325 g/mol. The molecule has 0 bridgehead atoms. The zero-order chi connectivity index (χ0) is 16.2. The normalized spacial score (nSPS) is 20.6. The Bertz CT molecular complexity index is 668. The Morgan fingerprint density at radius 3 is 2.64 bits per heavy atom. The molecule has 1 unspecified atom stereocenters. The van der Waals surface area contributed by atoms with Gasteiger partial charge in [-0.15, -0.1) is 0 Å². The smallest absolute Gasteiger partial charge is 0.404 e. The summed E-state index contributed by atoms with van der Waals surface area (Å²) in [5, 5.41) is 15.1. The van der Waals surface area contributed by atoms with Crippen molar-refractivity contribution in [3.63, 3.8) is 0 Å². The molecule has 0 aliphatic heterocycles. The number of hydrogen-bond donors (Lipinski definition) is 3. The highest BCUT2D eigenvalue weighted by Crippen LogP contribution is 2.16. The van der Waals surface area contributed by atoms with E-state index >= 15 is 0 Å². The van der Waals surface area contributed by atoms with Crippen LogP contribution in [0.2, 0.25) is 0 Å². The molecule has 120 valence electrons. The van der Waals surface area contributed by atoms with Crippen molar-refractivity contribution < 1.29 is 18.3 Å². The average molecular weight is 325 g/mol. The Kier molecular flexibility index (Phi) is 5.02. The van der Waals surface area contributed by atoms with Crippen molar-refractivity contribution in [2.75, 3.05) is 0 Å². The van der Waals surface area contributed by atoms with Gasteiger partial charge < -0.3 is 10.4 Å².